The fourth-order valence-electron chi connectivity index (χ4n) is 1.71. The van der Waals surface area contributed by atoms with Crippen LogP contribution in [0, 0.1) is 0 Å². The number of alkyl halides is 2. The second-order valence-electron chi connectivity index (χ2n) is 4.38. The number of hydrogen-bond donors (Lipinski definition) is 0. The SMILES string of the molecule is CCOC(=O)C(F)(F)c1ccc(Oc2ccc(Cl)cc2)cc1. The summed E-state index contributed by atoms with van der Waals surface area (Å²) in [4.78, 5) is 11.3. The Balaban J connectivity index is 2.13. The fourth-order valence-corrected chi connectivity index (χ4v) is 1.84. The number of ether oxygens (including phenoxy) is 2. The highest BCUT2D eigenvalue weighted by atomic mass is 35.5. The molecule has 22 heavy (non-hydrogen) atoms. The Kier molecular flexibility index (Phi) is 4.98. The highest BCUT2D eigenvalue weighted by Gasteiger charge is 2.42. The fraction of sp³-hybridized carbons (Fsp3) is 0.188. The van der Waals surface area contributed by atoms with Gasteiger partial charge in [-0.1, -0.05) is 11.6 Å². The van der Waals surface area contributed by atoms with Crippen LogP contribution in [0.5, 0.6) is 11.5 Å². The summed E-state index contributed by atoms with van der Waals surface area (Å²) in [6.07, 6.45) is 0. The summed E-state index contributed by atoms with van der Waals surface area (Å²) in [5.41, 5.74) is -0.450. The smallest absolute Gasteiger partial charge is 0.381 e. The van der Waals surface area contributed by atoms with Gasteiger partial charge in [0.1, 0.15) is 11.5 Å². The van der Waals surface area contributed by atoms with Gasteiger partial charge < -0.3 is 9.47 Å². The van der Waals surface area contributed by atoms with Crippen molar-refractivity contribution in [3.63, 3.8) is 0 Å². The zero-order valence-corrected chi connectivity index (χ0v) is 12.4. The summed E-state index contributed by atoms with van der Waals surface area (Å²) in [7, 11) is 0. The van der Waals surface area contributed by atoms with Crippen molar-refractivity contribution in [3.05, 3.63) is 59.1 Å². The summed E-state index contributed by atoms with van der Waals surface area (Å²) < 4.78 is 37.5. The first kappa shape index (κ1) is 16.2. The molecule has 116 valence electrons. The van der Waals surface area contributed by atoms with E-state index in [4.69, 9.17) is 16.3 Å². The number of halogens is 3. The number of esters is 1. The molecule has 2 rings (SSSR count). The van der Waals surface area contributed by atoms with Crippen LogP contribution >= 0.6 is 11.6 Å². The zero-order chi connectivity index (χ0) is 16.2. The van der Waals surface area contributed by atoms with Gasteiger partial charge in [0.15, 0.2) is 0 Å². The van der Waals surface area contributed by atoms with Gasteiger partial charge in [0.05, 0.1) is 6.61 Å². The van der Waals surface area contributed by atoms with E-state index in [0.29, 0.717) is 16.5 Å². The van der Waals surface area contributed by atoms with Gasteiger partial charge in [0.25, 0.3) is 0 Å². The van der Waals surface area contributed by atoms with E-state index in [1.54, 1.807) is 24.3 Å². The van der Waals surface area contributed by atoms with E-state index in [9.17, 15) is 13.6 Å². The molecule has 0 aliphatic rings. The summed E-state index contributed by atoms with van der Waals surface area (Å²) in [6, 6.07) is 11.6. The molecule has 0 fully saturated rings. The van der Waals surface area contributed by atoms with Crippen LogP contribution in [0.15, 0.2) is 48.5 Å². The molecule has 0 aliphatic heterocycles. The van der Waals surface area contributed by atoms with E-state index in [1.807, 2.05) is 0 Å². The lowest BCUT2D eigenvalue weighted by Gasteiger charge is -2.15. The van der Waals surface area contributed by atoms with Crippen molar-refractivity contribution in [2.45, 2.75) is 12.8 Å². The lowest BCUT2D eigenvalue weighted by Crippen LogP contribution is -2.28. The molecule has 2 aromatic rings. The minimum Gasteiger partial charge on any atom is -0.461 e. The van der Waals surface area contributed by atoms with Gasteiger partial charge in [0.2, 0.25) is 0 Å². The molecule has 6 heteroatoms. The molecule has 0 spiro atoms. The van der Waals surface area contributed by atoms with Crippen molar-refractivity contribution >= 4 is 17.6 Å². The molecule has 0 atom stereocenters. The number of carbonyl (C=O) groups excluding carboxylic acids is 1. The van der Waals surface area contributed by atoms with Crippen molar-refractivity contribution in [3.8, 4) is 11.5 Å². The molecular formula is C16H13ClF2O3. The molecule has 0 aliphatic carbocycles. The average molecular weight is 327 g/mol. The number of hydrogen-bond acceptors (Lipinski definition) is 3. The first-order chi connectivity index (χ1) is 10.4. The van der Waals surface area contributed by atoms with Gasteiger partial charge in [-0.25, -0.2) is 4.79 Å². The van der Waals surface area contributed by atoms with Crippen molar-refractivity contribution in [1.29, 1.82) is 0 Å². The Morgan fingerprint density at radius 1 is 1.05 bits per heavy atom. The number of rotatable bonds is 5. The highest BCUT2D eigenvalue weighted by Crippen LogP contribution is 2.31. The van der Waals surface area contributed by atoms with Gasteiger partial charge in [-0.2, -0.15) is 8.78 Å². The molecule has 0 amide bonds. The third-order valence-corrected chi connectivity index (χ3v) is 3.05. The third kappa shape index (κ3) is 3.74. The molecule has 0 saturated carbocycles. The van der Waals surface area contributed by atoms with Crippen LogP contribution in [0.25, 0.3) is 0 Å². The summed E-state index contributed by atoms with van der Waals surface area (Å²) in [5.74, 6) is -4.36. The number of carbonyl (C=O) groups is 1. The topological polar surface area (TPSA) is 35.5 Å². The molecule has 0 unspecified atom stereocenters. The van der Waals surface area contributed by atoms with E-state index >= 15 is 0 Å². The first-order valence-corrected chi connectivity index (χ1v) is 6.90. The van der Waals surface area contributed by atoms with Crippen molar-refractivity contribution < 1.29 is 23.0 Å². The van der Waals surface area contributed by atoms with Crippen molar-refractivity contribution in [1.82, 2.24) is 0 Å². The normalized spacial score (nSPS) is 11.1. The predicted octanol–water partition coefficient (Wildman–Crippen LogP) is 4.79. The average Bonchev–Trinajstić information content (AvgIpc) is 2.50. The molecule has 2 aromatic carbocycles. The zero-order valence-electron chi connectivity index (χ0n) is 11.7. The quantitative estimate of drug-likeness (QED) is 0.741. The van der Waals surface area contributed by atoms with Crippen LogP contribution in [0.4, 0.5) is 8.78 Å². The van der Waals surface area contributed by atoms with Crippen LogP contribution in [-0.2, 0) is 15.5 Å². The Hall–Kier alpha value is -2.14. The molecule has 0 aromatic heterocycles. The molecular weight excluding hydrogens is 314 g/mol. The van der Waals surface area contributed by atoms with Crippen LogP contribution in [-0.4, -0.2) is 12.6 Å². The van der Waals surface area contributed by atoms with E-state index in [1.165, 1.54) is 19.1 Å². The van der Waals surface area contributed by atoms with Gasteiger partial charge in [-0.3, -0.25) is 0 Å². The van der Waals surface area contributed by atoms with E-state index in [2.05, 4.69) is 4.74 Å². The van der Waals surface area contributed by atoms with Crippen LogP contribution in [0.1, 0.15) is 12.5 Å². The number of benzene rings is 2. The van der Waals surface area contributed by atoms with E-state index in [-0.39, 0.29) is 6.61 Å². The van der Waals surface area contributed by atoms with Crippen LogP contribution in [0.2, 0.25) is 5.02 Å². The van der Waals surface area contributed by atoms with Gasteiger partial charge in [0, 0.05) is 10.6 Å². The maximum absolute atomic E-state index is 13.8. The van der Waals surface area contributed by atoms with E-state index < -0.39 is 17.5 Å². The Bertz CT molecular complexity index is 639. The molecule has 3 nitrogen and oxygen atoms in total. The third-order valence-electron chi connectivity index (χ3n) is 2.80. The predicted molar refractivity (Wildman–Crippen MR) is 78.5 cm³/mol. The summed E-state index contributed by atoms with van der Waals surface area (Å²) in [5, 5.41) is 0.566. The molecule has 0 heterocycles. The largest absolute Gasteiger partial charge is 0.461 e. The van der Waals surface area contributed by atoms with Gasteiger partial charge in [-0.15, -0.1) is 0 Å². The molecule has 0 radical (unpaired) electrons. The molecule has 0 N–H and O–H groups in total. The monoisotopic (exact) mass is 326 g/mol. The lowest BCUT2D eigenvalue weighted by molar-refractivity contribution is -0.173. The van der Waals surface area contributed by atoms with Crippen LogP contribution < -0.4 is 4.74 Å². The second kappa shape index (κ2) is 6.75. The van der Waals surface area contributed by atoms with E-state index in [0.717, 1.165) is 12.1 Å². The summed E-state index contributed by atoms with van der Waals surface area (Å²) in [6.45, 7) is 1.36. The Morgan fingerprint density at radius 3 is 2.05 bits per heavy atom. The maximum atomic E-state index is 13.8. The standard InChI is InChI=1S/C16H13ClF2O3/c1-2-21-15(20)16(18,19)11-3-7-13(8-4-11)22-14-9-5-12(17)6-10-14/h3-10H,2H2,1H3. The minimum atomic E-state index is -3.69. The highest BCUT2D eigenvalue weighted by molar-refractivity contribution is 6.30. The van der Waals surface area contributed by atoms with Crippen LogP contribution in [0.3, 0.4) is 0 Å². The van der Waals surface area contributed by atoms with Crippen molar-refractivity contribution in [2.24, 2.45) is 0 Å². The van der Waals surface area contributed by atoms with Gasteiger partial charge >= 0.3 is 11.9 Å². The Morgan fingerprint density at radius 2 is 1.55 bits per heavy atom. The van der Waals surface area contributed by atoms with Crippen molar-refractivity contribution in [2.75, 3.05) is 6.61 Å². The first-order valence-electron chi connectivity index (χ1n) is 6.52. The molecule has 0 bridgehead atoms. The minimum absolute atomic E-state index is 0.105. The maximum Gasteiger partial charge on any atom is 0.381 e. The van der Waals surface area contributed by atoms with Gasteiger partial charge in [-0.05, 0) is 55.5 Å². The second-order valence-corrected chi connectivity index (χ2v) is 4.81. The lowest BCUT2D eigenvalue weighted by atomic mass is 10.1. The summed E-state index contributed by atoms with van der Waals surface area (Å²) >= 11 is 5.76. The Labute approximate surface area is 131 Å². The molecule has 0 saturated heterocycles.